The Labute approximate surface area is 103 Å². The molecule has 0 radical (unpaired) electrons. The van der Waals surface area contributed by atoms with E-state index in [1.165, 1.54) is 44.2 Å². The molecule has 1 aromatic heterocycles. The van der Waals surface area contributed by atoms with Crippen LogP contribution in [0.25, 0.3) is 0 Å². The summed E-state index contributed by atoms with van der Waals surface area (Å²) in [6.07, 6.45) is 9.86. The van der Waals surface area contributed by atoms with E-state index in [0.29, 0.717) is 6.04 Å². The maximum Gasteiger partial charge on any atom is 0.141 e. The molecule has 0 unspecified atom stereocenters. The molecule has 1 aliphatic rings. The van der Waals surface area contributed by atoms with E-state index in [9.17, 15) is 0 Å². The molecular weight excluding hydrogens is 212 g/mol. The van der Waals surface area contributed by atoms with Gasteiger partial charge < -0.3 is 10.3 Å². The topological polar surface area (TPSA) is 54.2 Å². The molecule has 1 aromatic rings. The second kappa shape index (κ2) is 5.87. The number of nitrogens with two attached hydrogens (primary N) is 1. The van der Waals surface area contributed by atoms with E-state index < -0.39 is 0 Å². The van der Waals surface area contributed by atoms with Gasteiger partial charge in [0.05, 0.1) is 0 Å². The molecule has 0 bridgehead atoms. The fraction of sp³-hybridized carbons (Fsp3) is 0.615. The first kappa shape index (κ1) is 12.2. The molecule has 0 amide bonds. The van der Waals surface area contributed by atoms with Crippen LogP contribution in [0.3, 0.4) is 0 Å². The van der Waals surface area contributed by atoms with Crippen LogP contribution in [0.15, 0.2) is 18.3 Å². The third-order valence-corrected chi connectivity index (χ3v) is 3.67. The standard InChI is InChI=1S/C13H22N4/c1-17(11-6-4-2-3-5-7-11)12-8-9-15-13(10-12)16-14/h8-11H,2-7,14H2,1H3,(H,15,16). The fourth-order valence-electron chi connectivity index (χ4n) is 2.57. The van der Waals surface area contributed by atoms with Crippen molar-refractivity contribution in [3.05, 3.63) is 18.3 Å². The van der Waals surface area contributed by atoms with Gasteiger partial charge >= 0.3 is 0 Å². The highest BCUT2D eigenvalue weighted by Gasteiger charge is 2.17. The molecule has 1 aliphatic carbocycles. The van der Waals surface area contributed by atoms with Gasteiger partial charge in [-0.15, -0.1) is 0 Å². The summed E-state index contributed by atoms with van der Waals surface area (Å²) >= 11 is 0. The van der Waals surface area contributed by atoms with Crippen LogP contribution in [0.1, 0.15) is 38.5 Å². The summed E-state index contributed by atoms with van der Waals surface area (Å²) in [4.78, 5) is 6.51. The van der Waals surface area contributed by atoms with Crippen molar-refractivity contribution in [3.8, 4) is 0 Å². The average Bonchev–Trinajstić information content (AvgIpc) is 2.67. The number of nitrogens with one attached hydrogen (secondary N) is 1. The first-order valence-corrected chi connectivity index (χ1v) is 6.47. The van der Waals surface area contributed by atoms with Crippen LogP contribution < -0.4 is 16.2 Å². The molecule has 0 aliphatic heterocycles. The van der Waals surface area contributed by atoms with Gasteiger partial charge in [0.2, 0.25) is 0 Å². The molecule has 1 fully saturated rings. The lowest BCUT2D eigenvalue weighted by Gasteiger charge is -2.29. The van der Waals surface area contributed by atoms with Crippen molar-refractivity contribution in [2.75, 3.05) is 17.4 Å². The minimum atomic E-state index is 0.658. The Balaban J connectivity index is 2.08. The Kier molecular flexibility index (Phi) is 4.20. The monoisotopic (exact) mass is 234 g/mol. The van der Waals surface area contributed by atoms with Crippen molar-refractivity contribution in [3.63, 3.8) is 0 Å². The molecular formula is C13H22N4. The molecule has 0 aromatic carbocycles. The van der Waals surface area contributed by atoms with Gasteiger partial charge in [-0.05, 0) is 18.9 Å². The number of nitrogen functional groups attached to an aromatic ring is 1. The lowest BCUT2D eigenvalue weighted by Crippen LogP contribution is -2.31. The molecule has 0 saturated heterocycles. The third kappa shape index (κ3) is 3.09. The van der Waals surface area contributed by atoms with Gasteiger partial charge in [0, 0.05) is 31.0 Å². The average molecular weight is 234 g/mol. The van der Waals surface area contributed by atoms with Crippen molar-refractivity contribution in [1.29, 1.82) is 0 Å². The minimum Gasteiger partial charge on any atom is -0.371 e. The van der Waals surface area contributed by atoms with Gasteiger partial charge in [0.1, 0.15) is 5.82 Å². The minimum absolute atomic E-state index is 0.658. The maximum atomic E-state index is 5.39. The number of rotatable bonds is 3. The normalized spacial score (nSPS) is 17.5. The van der Waals surface area contributed by atoms with E-state index in [-0.39, 0.29) is 0 Å². The number of anilines is 2. The Morgan fingerprint density at radius 3 is 2.65 bits per heavy atom. The van der Waals surface area contributed by atoms with Gasteiger partial charge in [-0.1, -0.05) is 25.7 Å². The van der Waals surface area contributed by atoms with Crippen LogP contribution in [0.4, 0.5) is 11.5 Å². The molecule has 17 heavy (non-hydrogen) atoms. The SMILES string of the molecule is CN(c1ccnc(NN)c1)C1CCCCCC1. The quantitative estimate of drug-likeness (QED) is 0.479. The van der Waals surface area contributed by atoms with Gasteiger partial charge in [-0.2, -0.15) is 0 Å². The van der Waals surface area contributed by atoms with E-state index in [1.807, 2.05) is 12.1 Å². The Hall–Kier alpha value is -1.29. The van der Waals surface area contributed by atoms with Gasteiger partial charge in [0.15, 0.2) is 0 Å². The molecule has 1 saturated carbocycles. The van der Waals surface area contributed by atoms with Crippen LogP contribution in [-0.2, 0) is 0 Å². The Morgan fingerprint density at radius 1 is 1.29 bits per heavy atom. The van der Waals surface area contributed by atoms with E-state index in [4.69, 9.17) is 5.84 Å². The summed E-state index contributed by atoms with van der Waals surface area (Å²) < 4.78 is 0. The largest absolute Gasteiger partial charge is 0.371 e. The Morgan fingerprint density at radius 2 is 2.00 bits per heavy atom. The first-order chi connectivity index (χ1) is 8.31. The van der Waals surface area contributed by atoms with E-state index >= 15 is 0 Å². The van der Waals surface area contributed by atoms with Crippen LogP contribution >= 0.6 is 0 Å². The molecule has 94 valence electrons. The van der Waals surface area contributed by atoms with Gasteiger partial charge in [-0.3, -0.25) is 0 Å². The Bertz CT molecular complexity index is 345. The maximum absolute atomic E-state index is 5.39. The second-order valence-corrected chi connectivity index (χ2v) is 4.80. The summed E-state index contributed by atoms with van der Waals surface area (Å²) in [7, 11) is 2.17. The lowest BCUT2D eigenvalue weighted by atomic mass is 10.1. The molecule has 4 nitrogen and oxygen atoms in total. The number of hydrogen-bond acceptors (Lipinski definition) is 4. The van der Waals surface area contributed by atoms with Crippen LogP contribution in [0, 0.1) is 0 Å². The van der Waals surface area contributed by atoms with Crippen LogP contribution in [-0.4, -0.2) is 18.1 Å². The third-order valence-electron chi connectivity index (χ3n) is 3.67. The van der Waals surface area contributed by atoms with Gasteiger partial charge in [-0.25, -0.2) is 10.8 Å². The van der Waals surface area contributed by atoms with Gasteiger partial charge in [0.25, 0.3) is 0 Å². The number of nitrogens with zero attached hydrogens (tertiary/aromatic N) is 2. The van der Waals surface area contributed by atoms with Crippen molar-refractivity contribution in [2.45, 2.75) is 44.6 Å². The molecule has 0 atom stereocenters. The predicted molar refractivity (Wildman–Crippen MR) is 71.9 cm³/mol. The van der Waals surface area contributed by atoms with E-state index in [0.717, 1.165) is 5.82 Å². The zero-order valence-electron chi connectivity index (χ0n) is 10.5. The van der Waals surface area contributed by atoms with Crippen molar-refractivity contribution in [2.24, 2.45) is 5.84 Å². The highest BCUT2D eigenvalue weighted by molar-refractivity contribution is 5.53. The number of pyridine rings is 1. The second-order valence-electron chi connectivity index (χ2n) is 4.80. The summed E-state index contributed by atoms with van der Waals surface area (Å²) in [5, 5.41) is 0. The highest BCUT2D eigenvalue weighted by atomic mass is 15.3. The lowest BCUT2D eigenvalue weighted by molar-refractivity contribution is 0.553. The summed E-state index contributed by atoms with van der Waals surface area (Å²) in [6.45, 7) is 0. The van der Waals surface area contributed by atoms with Crippen molar-refractivity contribution in [1.82, 2.24) is 4.98 Å². The number of aromatic nitrogens is 1. The molecule has 1 heterocycles. The summed E-state index contributed by atoms with van der Waals surface area (Å²) in [5.74, 6) is 6.12. The molecule has 2 rings (SSSR count). The number of hydrogen-bond donors (Lipinski definition) is 2. The smallest absolute Gasteiger partial charge is 0.141 e. The van der Waals surface area contributed by atoms with Crippen molar-refractivity contribution >= 4 is 11.5 Å². The zero-order valence-corrected chi connectivity index (χ0v) is 10.5. The van der Waals surface area contributed by atoms with Crippen molar-refractivity contribution < 1.29 is 0 Å². The van der Waals surface area contributed by atoms with E-state index in [1.54, 1.807) is 6.20 Å². The van der Waals surface area contributed by atoms with Crippen LogP contribution in [0.2, 0.25) is 0 Å². The molecule has 0 spiro atoms. The molecule has 3 N–H and O–H groups in total. The highest BCUT2D eigenvalue weighted by Crippen LogP contribution is 2.26. The van der Waals surface area contributed by atoms with E-state index in [2.05, 4.69) is 22.4 Å². The predicted octanol–water partition coefficient (Wildman–Crippen LogP) is 2.53. The molecule has 4 heteroatoms. The summed E-state index contributed by atoms with van der Waals surface area (Å²) in [5.41, 5.74) is 3.79. The summed E-state index contributed by atoms with van der Waals surface area (Å²) in [6, 6.07) is 4.71. The first-order valence-electron chi connectivity index (χ1n) is 6.47. The number of hydrazine groups is 1. The van der Waals surface area contributed by atoms with Crippen LogP contribution in [0.5, 0.6) is 0 Å². The zero-order chi connectivity index (χ0) is 12.1. The fourth-order valence-corrected chi connectivity index (χ4v) is 2.57.